The topological polar surface area (TPSA) is 32.3 Å². The van der Waals surface area contributed by atoms with E-state index in [4.69, 9.17) is 0 Å². The largest absolute Gasteiger partial charge is 0.338 e. The van der Waals surface area contributed by atoms with Crippen molar-refractivity contribution in [3.05, 3.63) is 0 Å². The lowest BCUT2D eigenvalue weighted by Crippen LogP contribution is -2.55. The number of amides is 2. The summed E-state index contributed by atoms with van der Waals surface area (Å²) in [6.07, 6.45) is 1.63. The lowest BCUT2D eigenvalue weighted by Gasteiger charge is -2.35. The first-order valence-electron chi connectivity index (χ1n) is 5.03. The maximum absolute atomic E-state index is 13.3. The minimum atomic E-state index is -2.69. The number of nitrogens with one attached hydrogen (secondary N) is 1. The molecule has 3 nitrogen and oxygen atoms in total. The van der Waals surface area contributed by atoms with E-state index in [9.17, 15) is 13.6 Å². The molecule has 1 heterocycles. The molecule has 1 aliphatic carbocycles. The molecule has 0 aromatic rings. The first-order chi connectivity index (χ1) is 6.61. The maximum Gasteiger partial charge on any atom is 0.317 e. The number of alkyl halides is 2. The molecule has 2 amide bonds. The fraction of sp³-hybridized carbons (Fsp3) is 0.889. The third-order valence-electron chi connectivity index (χ3n) is 2.96. The zero-order valence-corrected chi connectivity index (χ0v) is 7.93. The van der Waals surface area contributed by atoms with Crippen molar-refractivity contribution >= 4 is 6.03 Å². The molecule has 1 saturated heterocycles. The van der Waals surface area contributed by atoms with E-state index >= 15 is 0 Å². The Labute approximate surface area is 81.4 Å². The van der Waals surface area contributed by atoms with E-state index in [1.165, 1.54) is 4.90 Å². The van der Waals surface area contributed by atoms with Gasteiger partial charge in [0, 0.05) is 19.5 Å². The van der Waals surface area contributed by atoms with Crippen LogP contribution >= 0.6 is 0 Å². The van der Waals surface area contributed by atoms with Gasteiger partial charge in [0.05, 0.1) is 6.04 Å². The zero-order valence-electron chi connectivity index (χ0n) is 7.93. The maximum atomic E-state index is 13.3. The van der Waals surface area contributed by atoms with Crippen molar-refractivity contribution in [1.29, 1.82) is 0 Å². The summed E-state index contributed by atoms with van der Waals surface area (Å²) in [4.78, 5) is 12.7. The molecule has 1 N–H and O–H groups in total. The number of urea groups is 1. The molecule has 0 bridgehead atoms. The number of rotatable bonds is 1. The average molecular weight is 204 g/mol. The van der Waals surface area contributed by atoms with E-state index in [1.54, 1.807) is 0 Å². The summed E-state index contributed by atoms with van der Waals surface area (Å²) in [5.74, 6) is -2.69. The predicted octanol–water partition coefficient (Wildman–Crippen LogP) is 1.59. The quantitative estimate of drug-likeness (QED) is 0.691. The Morgan fingerprint density at radius 3 is 2.79 bits per heavy atom. The van der Waals surface area contributed by atoms with Crippen LogP contribution in [-0.4, -0.2) is 36.0 Å². The third kappa shape index (κ3) is 1.55. The molecule has 2 fully saturated rings. The standard InChI is InChI=1S/C9H14F2N2O/c10-9(11)4-1-3-7(9)13-6-2-5-12-8(13)14/h7H,1-6H2,(H,12,14). The average Bonchev–Trinajstić information content (AvgIpc) is 2.46. The van der Waals surface area contributed by atoms with Gasteiger partial charge in [-0.1, -0.05) is 0 Å². The Hall–Kier alpha value is -0.870. The lowest BCUT2D eigenvalue weighted by molar-refractivity contribution is -0.0515. The number of hydrogen-bond acceptors (Lipinski definition) is 1. The molecule has 2 rings (SSSR count). The number of carbonyl (C=O) groups is 1. The van der Waals surface area contributed by atoms with Crippen LogP contribution in [0.25, 0.3) is 0 Å². The van der Waals surface area contributed by atoms with Crippen LogP contribution in [0.5, 0.6) is 0 Å². The van der Waals surface area contributed by atoms with Gasteiger partial charge in [-0.3, -0.25) is 0 Å². The first-order valence-corrected chi connectivity index (χ1v) is 5.03. The van der Waals surface area contributed by atoms with Gasteiger partial charge in [-0.25, -0.2) is 13.6 Å². The molecule has 0 aromatic heterocycles. The van der Waals surface area contributed by atoms with Crippen LogP contribution in [0, 0.1) is 0 Å². The minimum absolute atomic E-state index is 0.0819. The van der Waals surface area contributed by atoms with Crippen LogP contribution in [0.4, 0.5) is 13.6 Å². The Balaban J connectivity index is 2.09. The molecule has 1 atom stereocenters. The van der Waals surface area contributed by atoms with E-state index < -0.39 is 12.0 Å². The first kappa shape index (κ1) is 9.68. The summed E-state index contributed by atoms with van der Waals surface area (Å²) >= 11 is 0. The molecule has 14 heavy (non-hydrogen) atoms. The van der Waals surface area contributed by atoms with E-state index in [1.807, 2.05) is 0 Å². The fourth-order valence-electron chi connectivity index (χ4n) is 2.24. The fourth-order valence-corrected chi connectivity index (χ4v) is 2.24. The number of hydrogen-bond donors (Lipinski definition) is 1. The van der Waals surface area contributed by atoms with E-state index in [0.29, 0.717) is 25.9 Å². The Kier molecular flexibility index (Phi) is 2.33. The summed E-state index contributed by atoms with van der Waals surface area (Å²) in [7, 11) is 0. The zero-order chi connectivity index (χ0) is 10.2. The van der Waals surface area contributed by atoms with Crippen molar-refractivity contribution < 1.29 is 13.6 Å². The monoisotopic (exact) mass is 204 g/mol. The number of carbonyl (C=O) groups excluding carboxylic acids is 1. The van der Waals surface area contributed by atoms with Crippen molar-refractivity contribution in [2.45, 2.75) is 37.6 Å². The van der Waals surface area contributed by atoms with Gasteiger partial charge in [-0.05, 0) is 19.3 Å². The van der Waals surface area contributed by atoms with E-state index in [0.717, 1.165) is 6.42 Å². The number of nitrogens with zero attached hydrogens (tertiary/aromatic N) is 1. The van der Waals surface area contributed by atoms with Crippen LogP contribution < -0.4 is 5.32 Å². The second kappa shape index (κ2) is 3.37. The highest BCUT2D eigenvalue weighted by Gasteiger charge is 2.48. The molecular weight excluding hydrogens is 190 g/mol. The van der Waals surface area contributed by atoms with Gasteiger partial charge < -0.3 is 10.2 Å². The number of halogens is 2. The minimum Gasteiger partial charge on any atom is -0.338 e. The Morgan fingerprint density at radius 2 is 2.21 bits per heavy atom. The predicted molar refractivity (Wildman–Crippen MR) is 47.3 cm³/mol. The van der Waals surface area contributed by atoms with Crippen molar-refractivity contribution in [2.75, 3.05) is 13.1 Å². The van der Waals surface area contributed by atoms with Gasteiger partial charge in [0.15, 0.2) is 0 Å². The van der Waals surface area contributed by atoms with E-state index in [2.05, 4.69) is 5.32 Å². The van der Waals surface area contributed by atoms with Gasteiger partial charge >= 0.3 is 6.03 Å². The second-order valence-corrected chi connectivity index (χ2v) is 3.95. The molecule has 80 valence electrons. The third-order valence-corrected chi connectivity index (χ3v) is 2.96. The van der Waals surface area contributed by atoms with Gasteiger partial charge in [-0.2, -0.15) is 0 Å². The smallest absolute Gasteiger partial charge is 0.317 e. The molecule has 0 radical (unpaired) electrons. The Morgan fingerprint density at radius 1 is 1.43 bits per heavy atom. The van der Waals surface area contributed by atoms with Crippen molar-refractivity contribution in [3.63, 3.8) is 0 Å². The summed E-state index contributed by atoms with van der Waals surface area (Å²) in [6.45, 7) is 1.07. The summed E-state index contributed by atoms with van der Waals surface area (Å²) < 4.78 is 26.7. The molecular formula is C9H14F2N2O. The lowest BCUT2D eigenvalue weighted by atomic mass is 10.1. The van der Waals surface area contributed by atoms with Crippen molar-refractivity contribution in [3.8, 4) is 0 Å². The van der Waals surface area contributed by atoms with Gasteiger partial charge in [-0.15, -0.1) is 0 Å². The van der Waals surface area contributed by atoms with Gasteiger partial charge in [0.25, 0.3) is 5.92 Å². The molecule has 0 spiro atoms. The summed E-state index contributed by atoms with van der Waals surface area (Å²) in [5, 5.41) is 2.60. The van der Waals surface area contributed by atoms with Crippen molar-refractivity contribution in [1.82, 2.24) is 10.2 Å². The van der Waals surface area contributed by atoms with E-state index in [-0.39, 0.29) is 12.5 Å². The normalized spacial score (nSPS) is 31.7. The highest BCUT2D eigenvalue weighted by Crippen LogP contribution is 2.38. The molecule has 1 saturated carbocycles. The van der Waals surface area contributed by atoms with Crippen LogP contribution in [-0.2, 0) is 0 Å². The highest BCUT2D eigenvalue weighted by molar-refractivity contribution is 5.75. The van der Waals surface area contributed by atoms with Gasteiger partial charge in [0.2, 0.25) is 0 Å². The van der Waals surface area contributed by atoms with Crippen LogP contribution in [0.1, 0.15) is 25.7 Å². The SMILES string of the molecule is O=C1NCCCN1C1CCCC1(F)F. The molecule has 2 aliphatic rings. The molecule has 0 aromatic carbocycles. The van der Waals surface area contributed by atoms with Crippen LogP contribution in [0.15, 0.2) is 0 Å². The van der Waals surface area contributed by atoms with Crippen LogP contribution in [0.2, 0.25) is 0 Å². The summed E-state index contributed by atoms with van der Waals surface area (Å²) in [6, 6.07) is -1.20. The highest BCUT2D eigenvalue weighted by atomic mass is 19.3. The van der Waals surface area contributed by atoms with Crippen molar-refractivity contribution in [2.24, 2.45) is 0 Å². The Bertz CT molecular complexity index is 245. The van der Waals surface area contributed by atoms with Crippen LogP contribution in [0.3, 0.4) is 0 Å². The second-order valence-electron chi connectivity index (χ2n) is 3.95. The summed E-state index contributed by atoms with van der Waals surface area (Å²) in [5.41, 5.74) is 0. The molecule has 1 unspecified atom stereocenters. The van der Waals surface area contributed by atoms with Gasteiger partial charge in [0.1, 0.15) is 0 Å². The molecule has 5 heteroatoms. The molecule has 1 aliphatic heterocycles.